The number of aromatic nitrogens is 8. The molecule has 5 rings (SSSR count). The SMILES string of the molecule is Nc1nc(N)c2nc(-c3ccccc3)c(N)nc2n1.c1ncc2[nH]cnc2n1. The lowest BCUT2D eigenvalue weighted by atomic mass is 10.1. The zero-order valence-electron chi connectivity index (χ0n) is 14.5. The van der Waals surface area contributed by atoms with Crippen molar-refractivity contribution in [2.45, 2.75) is 0 Å². The van der Waals surface area contributed by atoms with Crippen LogP contribution in [0.3, 0.4) is 0 Å². The van der Waals surface area contributed by atoms with Crippen molar-refractivity contribution in [2.24, 2.45) is 0 Å². The number of benzene rings is 1. The summed E-state index contributed by atoms with van der Waals surface area (Å²) in [4.78, 5) is 30.9. The monoisotopic (exact) mass is 373 g/mol. The Morgan fingerprint density at radius 1 is 0.786 bits per heavy atom. The van der Waals surface area contributed by atoms with Gasteiger partial charge in [-0.15, -0.1) is 0 Å². The summed E-state index contributed by atoms with van der Waals surface area (Å²) in [6.45, 7) is 0. The molecular weight excluding hydrogens is 358 g/mol. The number of nitrogen functional groups attached to an aromatic ring is 3. The molecule has 0 bridgehead atoms. The number of imidazole rings is 1. The fourth-order valence-electron chi connectivity index (χ4n) is 2.50. The predicted molar refractivity (Wildman–Crippen MR) is 105 cm³/mol. The molecule has 0 saturated heterocycles. The lowest BCUT2D eigenvalue weighted by Crippen LogP contribution is -2.06. The highest BCUT2D eigenvalue weighted by atomic mass is 15.1. The molecule has 28 heavy (non-hydrogen) atoms. The van der Waals surface area contributed by atoms with Crippen LogP contribution in [0.2, 0.25) is 0 Å². The average Bonchev–Trinajstić information content (AvgIpc) is 3.17. The van der Waals surface area contributed by atoms with E-state index in [1.807, 2.05) is 30.3 Å². The van der Waals surface area contributed by atoms with Crippen molar-refractivity contribution < 1.29 is 0 Å². The molecule has 0 unspecified atom stereocenters. The van der Waals surface area contributed by atoms with Gasteiger partial charge in [0.1, 0.15) is 17.5 Å². The molecule has 0 fully saturated rings. The van der Waals surface area contributed by atoms with Crippen LogP contribution in [0.15, 0.2) is 49.2 Å². The van der Waals surface area contributed by atoms with E-state index in [1.54, 1.807) is 12.5 Å². The lowest BCUT2D eigenvalue weighted by Gasteiger charge is -2.07. The third-order valence-corrected chi connectivity index (χ3v) is 3.75. The first kappa shape index (κ1) is 17.0. The van der Waals surface area contributed by atoms with Crippen molar-refractivity contribution >= 4 is 39.9 Å². The molecule has 1 aromatic carbocycles. The Balaban J connectivity index is 0.000000177. The highest BCUT2D eigenvalue weighted by Crippen LogP contribution is 2.25. The van der Waals surface area contributed by atoms with Gasteiger partial charge in [0.05, 0.1) is 12.5 Å². The molecule has 11 heteroatoms. The maximum atomic E-state index is 5.90. The van der Waals surface area contributed by atoms with Gasteiger partial charge in [0.2, 0.25) is 5.95 Å². The van der Waals surface area contributed by atoms with Crippen LogP contribution in [0.5, 0.6) is 0 Å². The Bertz CT molecular complexity index is 1220. The minimum absolute atomic E-state index is 0.0474. The number of rotatable bonds is 1. The van der Waals surface area contributed by atoms with Crippen molar-refractivity contribution in [1.29, 1.82) is 0 Å². The summed E-state index contributed by atoms with van der Waals surface area (Å²) in [5, 5.41) is 0. The van der Waals surface area contributed by atoms with Crippen LogP contribution in [0.1, 0.15) is 0 Å². The van der Waals surface area contributed by atoms with Crippen molar-refractivity contribution in [2.75, 3.05) is 17.2 Å². The topological polar surface area (TPSA) is 184 Å². The summed E-state index contributed by atoms with van der Waals surface area (Å²) >= 11 is 0. The van der Waals surface area contributed by atoms with Crippen molar-refractivity contribution in [1.82, 2.24) is 39.9 Å². The van der Waals surface area contributed by atoms with E-state index in [1.165, 1.54) is 6.33 Å². The maximum Gasteiger partial charge on any atom is 0.224 e. The van der Waals surface area contributed by atoms with Gasteiger partial charge in [0.15, 0.2) is 28.4 Å². The van der Waals surface area contributed by atoms with Gasteiger partial charge in [-0.1, -0.05) is 30.3 Å². The first-order valence-electron chi connectivity index (χ1n) is 8.12. The minimum Gasteiger partial charge on any atom is -0.382 e. The molecule has 0 amide bonds. The number of H-pyrrole nitrogens is 1. The molecule has 5 aromatic rings. The zero-order valence-corrected chi connectivity index (χ0v) is 14.5. The number of hydrogen-bond acceptors (Lipinski definition) is 10. The van der Waals surface area contributed by atoms with E-state index in [2.05, 4.69) is 39.9 Å². The smallest absolute Gasteiger partial charge is 0.224 e. The number of aromatic amines is 1. The first-order chi connectivity index (χ1) is 13.6. The van der Waals surface area contributed by atoms with Crippen LogP contribution in [0.25, 0.3) is 33.6 Å². The van der Waals surface area contributed by atoms with Crippen LogP contribution in [0.4, 0.5) is 17.6 Å². The highest BCUT2D eigenvalue weighted by Gasteiger charge is 2.12. The van der Waals surface area contributed by atoms with Gasteiger partial charge in [-0.25, -0.2) is 24.9 Å². The van der Waals surface area contributed by atoms with Crippen molar-refractivity contribution in [3.05, 3.63) is 49.2 Å². The van der Waals surface area contributed by atoms with Gasteiger partial charge in [0.25, 0.3) is 0 Å². The molecule has 0 aliphatic carbocycles. The Labute approximate surface area is 158 Å². The Morgan fingerprint density at radius 2 is 1.61 bits per heavy atom. The molecule has 0 radical (unpaired) electrons. The minimum atomic E-state index is 0.0474. The summed E-state index contributed by atoms with van der Waals surface area (Å²) in [7, 11) is 0. The van der Waals surface area contributed by atoms with E-state index in [0.717, 1.165) is 11.1 Å². The van der Waals surface area contributed by atoms with Crippen LogP contribution >= 0.6 is 0 Å². The zero-order chi connectivity index (χ0) is 19.5. The molecular formula is C17H15N11. The summed E-state index contributed by atoms with van der Waals surface area (Å²) in [5.41, 5.74) is 20.9. The third-order valence-electron chi connectivity index (χ3n) is 3.75. The summed E-state index contributed by atoms with van der Waals surface area (Å²) in [5.74, 6) is 0.509. The first-order valence-corrected chi connectivity index (χ1v) is 8.12. The number of anilines is 3. The quantitative estimate of drug-likeness (QED) is 0.332. The van der Waals surface area contributed by atoms with Gasteiger partial charge in [-0.3, -0.25) is 0 Å². The second-order valence-corrected chi connectivity index (χ2v) is 5.63. The molecule has 7 N–H and O–H groups in total. The number of nitrogens with one attached hydrogen (secondary N) is 1. The maximum absolute atomic E-state index is 5.90. The van der Waals surface area contributed by atoms with E-state index in [0.29, 0.717) is 22.5 Å². The van der Waals surface area contributed by atoms with E-state index < -0.39 is 0 Å². The van der Waals surface area contributed by atoms with Gasteiger partial charge in [-0.2, -0.15) is 9.97 Å². The standard InChI is InChI=1S/C12H11N7.C5H4N4/c13-9-7(6-4-2-1-3-5-6)16-8-10(14)18-12(15)19-11(8)17-9;1-4-5(8-2-6-1)9-3-7-4/h1-5H,(H6,13,14,15,17,18,19);1-3H,(H,6,7,8,9). The Morgan fingerprint density at radius 3 is 2.39 bits per heavy atom. The molecule has 4 heterocycles. The summed E-state index contributed by atoms with van der Waals surface area (Å²) < 4.78 is 0. The summed E-state index contributed by atoms with van der Waals surface area (Å²) in [6.07, 6.45) is 4.76. The molecule has 0 atom stereocenters. The number of nitrogens with two attached hydrogens (primary N) is 3. The van der Waals surface area contributed by atoms with E-state index in [4.69, 9.17) is 17.2 Å². The average molecular weight is 373 g/mol. The molecule has 11 nitrogen and oxygen atoms in total. The molecule has 0 saturated carbocycles. The summed E-state index contributed by atoms with van der Waals surface area (Å²) in [6, 6.07) is 9.47. The Hall–Kier alpha value is -4.41. The third kappa shape index (κ3) is 3.31. The number of fused-ring (bicyclic) bond motifs is 2. The highest BCUT2D eigenvalue weighted by molar-refractivity contribution is 5.87. The molecule has 0 aliphatic heterocycles. The molecule has 0 spiro atoms. The number of nitrogens with zero attached hydrogens (tertiary/aromatic N) is 7. The second-order valence-electron chi connectivity index (χ2n) is 5.63. The van der Waals surface area contributed by atoms with Crippen molar-refractivity contribution in [3.63, 3.8) is 0 Å². The van der Waals surface area contributed by atoms with Crippen molar-refractivity contribution in [3.8, 4) is 11.3 Å². The van der Waals surface area contributed by atoms with E-state index in [9.17, 15) is 0 Å². The normalized spacial score (nSPS) is 10.6. The lowest BCUT2D eigenvalue weighted by molar-refractivity contribution is 1.17. The van der Waals surface area contributed by atoms with Gasteiger partial charge < -0.3 is 22.2 Å². The molecule has 4 aromatic heterocycles. The molecule has 138 valence electrons. The van der Waals surface area contributed by atoms with Crippen LogP contribution in [-0.2, 0) is 0 Å². The van der Waals surface area contributed by atoms with Gasteiger partial charge in [0, 0.05) is 5.56 Å². The fraction of sp³-hybridized carbons (Fsp3) is 0. The van der Waals surface area contributed by atoms with E-state index >= 15 is 0 Å². The Kier molecular flexibility index (Phi) is 4.30. The van der Waals surface area contributed by atoms with E-state index in [-0.39, 0.29) is 17.6 Å². The molecule has 0 aliphatic rings. The second kappa shape index (κ2) is 7.07. The van der Waals surface area contributed by atoms with Crippen LogP contribution < -0.4 is 17.2 Å². The fourth-order valence-corrected chi connectivity index (χ4v) is 2.50. The van der Waals surface area contributed by atoms with Gasteiger partial charge in [-0.05, 0) is 0 Å². The number of hydrogen-bond donors (Lipinski definition) is 4. The van der Waals surface area contributed by atoms with Crippen LogP contribution in [0, 0.1) is 0 Å². The largest absolute Gasteiger partial charge is 0.382 e. The van der Waals surface area contributed by atoms with Crippen LogP contribution in [-0.4, -0.2) is 39.9 Å². The predicted octanol–water partition coefficient (Wildman–Crippen LogP) is 1.19. The van der Waals surface area contributed by atoms with Gasteiger partial charge >= 0.3 is 0 Å².